The summed E-state index contributed by atoms with van der Waals surface area (Å²) >= 11 is 0. The third kappa shape index (κ3) is 4.29. The number of nitrogens with zero attached hydrogens (tertiary/aromatic N) is 1. The Balaban J connectivity index is 2.14. The molecule has 0 aliphatic rings. The Morgan fingerprint density at radius 1 is 1.13 bits per heavy atom. The minimum absolute atomic E-state index is 0.0814. The lowest BCUT2D eigenvalue weighted by Gasteiger charge is -2.30. The molecule has 0 fully saturated rings. The number of likely N-dealkylation sites (N-methyl/N-ethyl adjacent to an activating group) is 1. The normalized spacial score (nSPS) is 12.1. The molecule has 5 heteroatoms. The molecule has 0 saturated carbocycles. The van der Waals surface area contributed by atoms with Crippen LogP contribution in [-0.4, -0.2) is 35.4 Å². The molecule has 5 nitrogen and oxygen atoms in total. The number of aromatic nitrogens is 1. The maximum absolute atomic E-state index is 12.3. The summed E-state index contributed by atoms with van der Waals surface area (Å²) in [7, 11) is 0. The summed E-state index contributed by atoms with van der Waals surface area (Å²) in [6.07, 6.45) is 1.52. The van der Waals surface area contributed by atoms with Crippen LogP contribution >= 0.6 is 0 Å². The van der Waals surface area contributed by atoms with Gasteiger partial charge in [-0.3, -0.25) is 14.5 Å². The number of benzene rings is 1. The van der Waals surface area contributed by atoms with Gasteiger partial charge in [0.25, 0.3) is 11.5 Å². The van der Waals surface area contributed by atoms with E-state index < -0.39 is 0 Å². The zero-order valence-electron chi connectivity index (χ0n) is 13.6. The summed E-state index contributed by atoms with van der Waals surface area (Å²) in [5.41, 5.74) is 0.918. The topological polar surface area (TPSA) is 65.2 Å². The van der Waals surface area contributed by atoms with Gasteiger partial charge in [0, 0.05) is 12.7 Å². The maximum atomic E-state index is 12.3. The Kier molecular flexibility index (Phi) is 6.11. The lowest BCUT2D eigenvalue weighted by molar-refractivity contribution is 0.0933. The summed E-state index contributed by atoms with van der Waals surface area (Å²) in [5.74, 6) is -0.347. The third-order valence-electron chi connectivity index (χ3n) is 3.96. The maximum Gasteiger partial charge on any atom is 0.260 e. The minimum Gasteiger partial charge on any atom is -0.350 e. The molecule has 23 heavy (non-hydrogen) atoms. The second kappa shape index (κ2) is 8.29. The average molecular weight is 313 g/mol. The number of carbonyl (C=O) groups is 1. The first-order chi connectivity index (χ1) is 11.2. The Hall–Kier alpha value is -2.40. The smallest absolute Gasteiger partial charge is 0.260 e. The Bertz CT molecular complexity index is 678. The van der Waals surface area contributed by atoms with E-state index in [9.17, 15) is 9.59 Å². The fourth-order valence-electron chi connectivity index (χ4n) is 2.68. The first-order valence-corrected chi connectivity index (χ1v) is 7.92. The highest BCUT2D eigenvalue weighted by molar-refractivity contribution is 5.93. The molecule has 1 aromatic heterocycles. The Labute approximate surface area is 136 Å². The molecule has 2 rings (SSSR count). The first-order valence-electron chi connectivity index (χ1n) is 7.92. The molecule has 1 aromatic carbocycles. The van der Waals surface area contributed by atoms with E-state index in [2.05, 4.69) is 41.2 Å². The van der Waals surface area contributed by atoms with Crippen molar-refractivity contribution in [3.63, 3.8) is 0 Å². The van der Waals surface area contributed by atoms with Crippen molar-refractivity contribution in [2.24, 2.45) is 0 Å². The van der Waals surface area contributed by atoms with Crippen LogP contribution in [-0.2, 0) is 0 Å². The predicted octanol–water partition coefficient (Wildman–Crippen LogP) is 2.19. The number of carbonyl (C=O) groups excluding carboxylic acids is 1. The van der Waals surface area contributed by atoms with E-state index in [0.29, 0.717) is 6.54 Å². The number of pyridine rings is 1. The van der Waals surface area contributed by atoms with Gasteiger partial charge in [0.15, 0.2) is 0 Å². The van der Waals surface area contributed by atoms with Gasteiger partial charge in [0.05, 0.1) is 6.04 Å². The average Bonchev–Trinajstić information content (AvgIpc) is 2.59. The van der Waals surface area contributed by atoms with Crippen LogP contribution in [0.3, 0.4) is 0 Å². The number of rotatable bonds is 7. The Morgan fingerprint density at radius 2 is 1.83 bits per heavy atom. The summed E-state index contributed by atoms with van der Waals surface area (Å²) in [6.45, 7) is 6.43. The summed E-state index contributed by atoms with van der Waals surface area (Å²) < 4.78 is 0. The second-order valence-corrected chi connectivity index (χ2v) is 5.27. The summed E-state index contributed by atoms with van der Waals surface area (Å²) in [5, 5.41) is 2.89. The lowest BCUT2D eigenvalue weighted by atomic mass is 10.0. The standard InChI is InChI=1S/C18H23N3O2/c1-3-21(4-2)16(14-9-6-5-7-10-14)13-20-18(23)15-11-8-12-19-17(15)22/h5-12,16H,3-4,13H2,1-2H3,(H,19,22)(H,20,23). The van der Waals surface area contributed by atoms with Crippen LogP contribution < -0.4 is 10.9 Å². The van der Waals surface area contributed by atoms with E-state index in [-0.39, 0.29) is 23.1 Å². The summed E-state index contributed by atoms with van der Waals surface area (Å²) in [4.78, 5) is 28.7. The zero-order chi connectivity index (χ0) is 16.7. The number of hydrogen-bond donors (Lipinski definition) is 2. The number of hydrogen-bond acceptors (Lipinski definition) is 3. The van der Waals surface area contributed by atoms with Gasteiger partial charge in [-0.15, -0.1) is 0 Å². The summed E-state index contributed by atoms with van der Waals surface area (Å²) in [6, 6.07) is 13.3. The molecule has 0 spiro atoms. The monoisotopic (exact) mass is 313 g/mol. The fourth-order valence-corrected chi connectivity index (χ4v) is 2.68. The molecule has 0 radical (unpaired) electrons. The van der Waals surface area contributed by atoms with E-state index in [4.69, 9.17) is 0 Å². The fraction of sp³-hybridized carbons (Fsp3) is 0.333. The van der Waals surface area contributed by atoms with Crippen LogP contribution in [0.5, 0.6) is 0 Å². The molecule has 1 unspecified atom stereocenters. The van der Waals surface area contributed by atoms with Crippen molar-refractivity contribution >= 4 is 5.91 Å². The molecule has 0 aliphatic carbocycles. The van der Waals surface area contributed by atoms with Gasteiger partial charge in [-0.2, -0.15) is 0 Å². The molecule has 1 amide bonds. The second-order valence-electron chi connectivity index (χ2n) is 5.27. The van der Waals surface area contributed by atoms with Crippen LogP contribution in [0.25, 0.3) is 0 Å². The molecule has 1 heterocycles. The van der Waals surface area contributed by atoms with Crippen molar-refractivity contribution in [2.45, 2.75) is 19.9 Å². The molecule has 122 valence electrons. The van der Waals surface area contributed by atoms with Crippen LogP contribution in [0.15, 0.2) is 53.5 Å². The van der Waals surface area contributed by atoms with Crippen molar-refractivity contribution < 1.29 is 4.79 Å². The number of amides is 1. The van der Waals surface area contributed by atoms with Gasteiger partial charge >= 0.3 is 0 Å². The van der Waals surface area contributed by atoms with Crippen molar-refractivity contribution in [3.05, 3.63) is 70.1 Å². The number of H-pyrrole nitrogens is 1. The van der Waals surface area contributed by atoms with Gasteiger partial charge in [0.1, 0.15) is 5.56 Å². The van der Waals surface area contributed by atoms with Crippen LogP contribution in [0.1, 0.15) is 35.8 Å². The highest BCUT2D eigenvalue weighted by Crippen LogP contribution is 2.19. The lowest BCUT2D eigenvalue weighted by Crippen LogP contribution is -2.39. The van der Waals surface area contributed by atoms with Gasteiger partial charge < -0.3 is 10.3 Å². The van der Waals surface area contributed by atoms with Crippen LogP contribution in [0, 0.1) is 0 Å². The molecule has 0 saturated heterocycles. The largest absolute Gasteiger partial charge is 0.350 e. The molecule has 2 N–H and O–H groups in total. The van der Waals surface area contributed by atoms with E-state index >= 15 is 0 Å². The van der Waals surface area contributed by atoms with Crippen molar-refractivity contribution in [3.8, 4) is 0 Å². The van der Waals surface area contributed by atoms with Crippen molar-refractivity contribution in [1.82, 2.24) is 15.2 Å². The van der Waals surface area contributed by atoms with Crippen LogP contribution in [0.4, 0.5) is 0 Å². The molecule has 0 aliphatic heterocycles. The third-order valence-corrected chi connectivity index (χ3v) is 3.96. The van der Waals surface area contributed by atoms with Crippen LogP contribution in [0.2, 0.25) is 0 Å². The van der Waals surface area contributed by atoms with E-state index in [1.807, 2.05) is 18.2 Å². The quantitative estimate of drug-likeness (QED) is 0.823. The predicted molar refractivity (Wildman–Crippen MR) is 91.5 cm³/mol. The van der Waals surface area contributed by atoms with Crippen molar-refractivity contribution in [1.29, 1.82) is 0 Å². The van der Waals surface area contributed by atoms with Crippen molar-refractivity contribution in [2.75, 3.05) is 19.6 Å². The molecule has 1 atom stereocenters. The first kappa shape index (κ1) is 17.0. The molecule has 2 aromatic rings. The van der Waals surface area contributed by atoms with Gasteiger partial charge in [-0.1, -0.05) is 44.2 Å². The minimum atomic E-state index is -0.371. The highest BCUT2D eigenvalue weighted by atomic mass is 16.2. The molecular formula is C18H23N3O2. The highest BCUT2D eigenvalue weighted by Gasteiger charge is 2.19. The molecular weight excluding hydrogens is 290 g/mol. The van der Waals surface area contributed by atoms with E-state index in [1.165, 1.54) is 12.3 Å². The number of aromatic amines is 1. The van der Waals surface area contributed by atoms with Gasteiger partial charge in [-0.25, -0.2) is 0 Å². The van der Waals surface area contributed by atoms with Gasteiger partial charge in [-0.05, 0) is 30.8 Å². The van der Waals surface area contributed by atoms with E-state index in [1.54, 1.807) is 6.07 Å². The molecule has 0 bridgehead atoms. The Morgan fingerprint density at radius 3 is 2.43 bits per heavy atom. The van der Waals surface area contributed by atoms with Gasteiger partial charge in [0.2, 0.25) is 0 Å². The zero-order valence-corrected chi connectivity index (χ0v) is 13.6. The van der Waals surface area contributed by atoms with E-state index in [0.717, 1.165) is 18.7 Å². The SMILES string of the molecule is CCN(CC)C(CNC(=O)c1ccc[nH]c1=O)c1ccccc1. The number of nitrogens with one attached hydrogen (secondary N) is 2.